The number of amides is 1. The first-order chi connectivity index (χ1) is 12.1. The number of carbonyl (C=O) groups excluding carboxylic acids is 1. The van der Waals surface area contributed by atoms with Crippen molar-refractivity contribution in [3.63, 3.8) is 0 Å². The number of carbonyl (C=O) groups is 1. The lowest BCUT2D eigenvalue weighted by atomic mass is 10.1. The largest absolute Gasteiger partial charge is 0.298 e. The van der Waals surface area contributed by atoms with Gasteiger partial charge in [-0.25, -0.2) is 4.98 Å². The van der Waals surface area contributed by atoms with Crippen molar-refractivity contribution < 1.29 is 4.79 Å². The number of hydrogen-bond donors (Lipinski definition) is 1. The summed E-state index contributed by atoms with van der Waals surface area (Å²) < 4.78 is 1.25. The molecule has 4 rings (SSSR count). The zero-order chi connectivity index (χ0) is 17.4. The fraction of sp³-hybridized carbons (Fsp3) is 0.105. The average Bonchev–Trinajstić information content (AvgIpc) is 3.20. The van der Waals surface area contributed by atoms with Gasteiger partial charge in [0.1, 0.15) is 0 Å². The summed E-state index contributed by atoms with van der Waals surface area (Å²) in [6.45, 7) is 4.01. The van der Waals surface area contributed by atoms with E-state index in [2.05, 4.69) is 34.3 Å². The summed E-state index contributed by atoms with van der Waals surface area (Å²) in [5.41, 5.74) is 3.54. The topological polar surface area (TPSA) is 54.9 Å². The zero-order valence-corrected chi connectivity index (χ0v) is 15.4. The summed E-state index contributed by atoms with van der Waals surface area (Å²) >= 11 is 3.16. The van der Waals surface area contributed by atoms with Crippen LogP contribution in [0.3, 0.4) is 0 Å². The van der Waals surface area contributed by atoms with E-state index in [1.54, 1.807) is 23.6 Å². The van der Waals surface area contributed by atoms with Gasteiger partial charge in [-0.2, -0.15) is 0 Å². The molecular formula is C19H15N3OS2. The zero-order valence-electron chi connectivity index (χ0n) is 13.7. The Hall–Kier alpha value is -2.57. The molecule has 4 aromatic rings. The van der Waals surface area contributed by atoms with Crippen molar-refractivity contribution >= 4 is 43.8 Å². The molecule has 1 N–H and O–H groups in total. The van der Waals surface area contributed by atoms with E-state index in [9.17, 15) is 4.79 Å². The molecule has 1 amide bonds. The highest BCUT2D eigenvalue weighted by atomic mass is 32.1. The second kappa shape index (κ2) is 6.38. The van der Waals surface area contributed by atoms with Gasteiger partial charge in [-0.3, -0.25) is 15.1 Å². The number of fused-ring (bicyclic) bond motifs is 1. The van der Waals surface area contributed by atoms with Crippen molar-refractivity contribution in [2.75, 3.05) is 5.32 Å². The predicted molar refractivity (Wildman–Crippen MR) is 105 cm³/mol. The molecule has 124 valence electrons. The first-order valence-electron chi connectivity index (χ1n) is 7.80. The molecule has 0 radical (unpaired) electrons. The second-order valence-corrected chi connectivity index (χ2v) is 7.64. The molecule has 0 aliphatic carbocycles. The van der Waals surface area contributed by atoms with Gasteiger partial charge in [0.05, 0.1) is 16.1 Å². The van der Waals surface area contributed by atoms with Crippen molar-refractivity contribution in [1.29, 1.82) is 0 Å². The van der Waals surface area contributed by atoms with Crippen molar-refractivity contribution in [2.45, 2.75) is 13.8 Å². The number of nitrogens with zero attached hydrogens (tertiary/aromatic N) is 2. The minimum Gasteiger partial charge on any atom is -0.298 e. The van der Waals surface area contributed by atoms with E-state index in [0.29, 0.717) is 10.7 Å². The number of hydrogen-bond acceptors (Lipinski definition) is 5. The van der Waals surface area contributed by atoms with E-state index in [-0.39, 0.29) is 5.91 Å². The first kappa shape index (κ1) is 15.9. The lowest BCUT2D eigenvalue weighted by Crippen LogP contribution is -2.12. The van der Waals surface area contributed by atoms with Crippen LogP contribution < -0.4 is 5.32 Å². The number of thiazole rings is 1. The highest BCUT2D eigenvalue weighted by Gasteiger charge is 2.14. The van der Waals surface area contributed by atoms with Gasteiger partial charge in [0.15, 0.2) is 5.13 Å². The van der Waals surface area contributed by atoms with Crippen molar-refractivity contribution in [3.8, 4) is 10.6 Å². The number of aryl methyl sites for hydroxylation is 2. The number of rotatable bonds is 3. The first-order valence-corrected chi connectivity index (χ1v) is 9.49. The van der Waals surface area contributed by atoms with Gasteiger partial charge in [0, 0.05) is 22.0 Å². The lowest BCUT2D eigenvalue weighted by Gasteiger charge is -2.01. The van der Waals surface area contributed by atoms with Crippen LogP contribution in [0.25, 0.3) is 20.7 Å². The molecule has 0 saturated carbocycles. The van der Waals surface area contributed by atoms with Crippen LogP contribution in [0, 0.1) is 13.8 Å². The van der Waals surface area contributed by atoms with Crippen molar-refractivity contribution in [1.82, 2.24) is 9.97 Å². The molecule has 0 unspecified atom stereocenters. The molecular weight excluding hydrogens is 350 g/mol. The summed E-state index contributed by atoms with van der Waals surface area (Å²) in [7, 11) is 0. The molecule has 1 aromatic carbocycles. The van der Waals surface area contributed by atoms with Gasteiger partial charge in [-0.15, -0.1) is 22.7 Å². The Morgan fingerprint density at radius 3 is 2.72 bits per heavy atom. The smallest absolute Gasteiger partial charge is 0.259 e. The number of anilines is 1. The molecule has 0 saturated heterocycles. The standard InChI is InChI=1S/C19H15N3OS2/c1-11-7-8-13(9-20-11)18(23)22-19-21-15(10-24-19)17-12(2)14-5-3-4-6-16(14)25-17/h3-10H,1-2H3,(H,21,22,23). The molecule has 0 fully saturated rings. The summed E-state index contributed by atoms with van der Waals surface area (Å²) in [5, 5.41) is 6.69. The third-order valence-corrected chi connectivity index (χ3v) is 6.03. The molecule has 25 heavy (non-hydrogen) atoms. The van der Waals surface area contributed by atoms with Crippen molar-refractivity contribution in [2.24, 2.45) is 0 Å². The highest BCUT2D eigenvalue weighted by Crippen LogP contribution is 2.38. The monoisotopic (exact) mass is 365 g/mol. The van der Waals surface area contributed by atoms with Gasteiger partial charge in [-0.05, 0) is 43.0 Å². The van der Waals surface area contributed by atoms with Crippen molar-refractivity contribution in [3.05, 3.63) is 64.8 Å². The van der Waals surface area contributed by atoms with Crippen LogP contribution >= 0.6 is 22.7 Å². The molecule has 3 aromatic heterocycles. The quantitative estimate of drug-likeness (QED) is 0.537. The Morgan fingerprint density at radius 1 is 1.12 bits per heavy atom. The minimum absolute atomic E-state index is 0.193. The van der Waals surface area contributed by atoms with E-state index in [1.165, 1.54) is 27.0 Å². The molecule has 6 heteroatoms. The average molecular weight is 365 g/mol. The van der Waals surface area contributed by atoms with Crippen LogP contribution in [-0.2, 0) is 0 Å². The normalized spacial score (nSPS) is 11.0. The van der Waals surface area contributed by atoms with Crippen LogP contribution in [0.15, 0.2) is 48.0 Å². The number of thiophene rings is 1. The van der Waals surface area contributed by atoms with Crippen LogP contribution in [0.1, 0.15) is 21.6 Å². The second-order valence-electron chi connectivity index (χ2n) is 5.73. The lowest BCUT2D eigenvalue weighted by molar-refractivity contribution is 0.102. The minimum atomic E-state index is -0.193. The fourth-order valence-electron chi connectivity index (χ4n) is 2.63. The SMILES string of the molecule is Cc1ccc(C(=O)Nc2nc(-c3sc4ccccc4c3C)cs2)cn1. The van der Waals surface area contributed by atoms with Crippen LogP contribution in [0.5, 0.6) is 0 Å². The van der Waals surface area contributed by atoms with Crippen LogP contribution in [0.2, 0.25) is 0 Å². The van der Waals surface area contributed by atoms with E-state index in [0.717, 1.165) is 16.3 Å². The van der Waals surface area contributed by atoms with E-state index in [1.807, 2.05) is 30.5 Å². The summed E-state index contributed by atoms with van der Waals surface area (Å²) in [4.78, 5) is 22.2. The Balaban J connectivity index is 1.60. The summed E-state index contributed by atoms with van der Waals surface area (Å²) in [5.74, 6) is -0.193. The summed E-state index contributed by atoms with van der Waals surface area (Å²) in [6.07, 6.45) is 1.58. The van der Waals surface area contributed by atoms with E-state index >= 15 is 0 Å². The fourth-order valence-corrected chi connectivity index (χ4v) is 4.57. The Labute approximate surface area is 153 Å². The summed E-state index contributed by atoms with van der Waals surface area (Å²) in [6, 6.07) is 11.9. The molecule has 0 aliphatic heterocycles. The number of benzene rings is 1. The Morgan fingerprint density at radius 2 is 1.96 bits per heavy atom. The highest BCUT2D eigenvalue weighted by molar-refractivity contribution is 7.23. The van der Waals surface area contributed by atoms with Gasteiger partial charge < -0.3 is 0 Å². The number of nitrogens with one attached hydrogen (secondary N) is 1. The van der Waals surface area contributed by atoms with Gasteiger partial charge in [-0.1, -0.05) is 18.2 Å². The Bertz CT molecular complexity index is 1060. The molecule has 0 bridgehead atoms. The van der Waals surface area contributed by atoms with E-state index in [4.69, 9.17) is 0 Å². The molecule has 0 spiro atoms. The maximum absolute atomic E-state index is 12.3. The van der Waals surface area contributed by atoms with Crippen LogP contribution in [-0.4, -0.2) is 15.9 Å². The third kappa shape index (κ3) is 3.06. The number of pyridine rings is 1. The number of aromatic nitrogens is 2. The van der Waals surface area contributed by atoms with Gasteiger partial charge in [0.2, 0.25) is 0 Å². The Kier molecular flexibility index (Phi) is 4.07. The maximum atomic E-state index is 12.3. The van der Waals surface area contributed by atoms with Gasteiger partial charge in [0.25, 0.3) is 5.91 Å². The third-order valence-electron chi connectivity index (χ3n) is 3.97. The maximum Gasteiger partial charge on any atom is 0.259 e. The van der Waals surface area contributed by atoms with Gasteiger partial charge >= 0.3 is 0 Å². The predicted octanol–water partition coefficient (Wildman–Crippen LogP) is 5.29. The molecule has 0 aliphatic rings. The molecule has 3 heterocycles. The van der Waals surface area contributed by atoms with Crippen LogP contribution in [0.4, 0.5) is 5.13 Å². The van der Waals surface area contributed by atoms with E-state index < -0.39 is 0 Å². The molecule has 4 nitrogen and oxygen atoms in total. The molecule has 0 atom stereocenters.